The maximum Gasteiger partial charge on any atom is 0.238 e. The van der Waals surface area contributed by atoms with Gasteiger partial charge in [0.25, 0.3) is 0 Å². The second-order valence-corrected chi connectivity index (χ2v) is 12.8. The van der Waals surface area contributed by atoms with E-state index in [1.807, 2.05) is 48.5 Å². The van der Waals surface area contributed by atoms with Crippen LogP contribution in [0.3, 0.4) is 0 Å². The highest BCUT2D eigenvalue weighted by molar-refractivity contribution is 6.13. The third kappa shape index (κ3) is 3.62. The molecule has 0 aliphatic heterocycles. The Morgan fingerprint density at radius 1 is 0.532 bits per heavy atom. The van der Waals surface area contributed by atoms with E-state index in [2.05, 4.69) is 103 Å². The molecule has 0 bridgehead atoms. The summed E-state index contributed by atoms with van der Waals surface area (Å²) in [5.41, 5.74) is 10.6. The second kappa shape index (κ2) is 9.47. The van der Waals surface area contributed by atoms with Crippen molar-refractivity contribution in [1.29, 1.82) is 0 Å². The lowest BCUT2D eigenvalue weighted by molar-refractivity contribution is 0.663. The zero-order chi connectivity index (χ0) is 31.3. The summed E-state index contributed by atoms with van der Waals surface area (Å²) in [7, 11) is 0. The first-order chi connectivity index (χ1) is 23.1. The lowest BCUT2D eigenvalue weighted by Gasteiger charge is -2.23. The Morgan fingerprint density at radius 3 is 2.13 bits per heavy atom. The summed E-state index contributed by atoms with van der Waals surface area (Å²) in [6.07, 6.45) is 0. The first-order valence-corrected chi connectivity index (χ1v) is 16.0. The van der Waals surface area contributed by atoms with Crippen LogP contribution in [0.15, 0.2) is 138 Å². The van der Waals surface area contributed by atoms with Crippen LogP contribution < -0.4 is 0 Å². The predicted octanol–water partition coefficient (Wildman–Crippen LogP) is 10.5. The maximum atomic E-state index is 6.27. The molecule has 10 rings (SSSR count). The molecule has 0 saturated carbocycles. The van der Waals surface area contributed by atoms with Crippen LogP contribution >= 0.6 is 0 Å². The molecule has 0 unspecified atom stereocenters. The van der Waals surface area contributed by atoms with Gasteiger partial charge in [0.05, 0.1) is 11.0 Å². The van der Waals surface area contributed by atoms with E-state index in [-0.39, 0.29) is 5.41 Å². The van der Waals surface area contributed by atoms with Crippen molar-refractivity contribution in [3.05, 3.63) is 145 Å². The molecule has 5 heteroatoms. The van der Waals surface area contributed by atoms with E-state index in [9.17, 15) is 0 Å². The van der Waals surface area contributed by atoms with Crippen molar-refractivity contribution in [1.82, 2.24) is 19.5 Å². The first kappa shape index (κ1) is 26.2. The summed E-state index contributed by atoms with van der Waals surface area (Å²) in [6, 6.07) is 46.3. The molecule has 6 aromatic carbocycles. The van der Waals surface area contributed by atoms with E-state index < -0.39 is 0 Å². The van der Waals surface area contributed by atoms with Crippen molar-refractivity contribution in [2.45, 2.75) is 19.3 Å². The molecule has 0 N–H and O–H groups in total. The van der Waals surface area contributed by atoms with Crippen LogP contribution in [0, 0.1) is 0 Å². The molecule has 222 valence electrons. The van der Waals surface area contributed by atoms with Gasteiger partial charge < -0.3 is 4.42 Å². The number of fused-ring (bicyclic) bond motifs is 10. The van der Waals surface area contributed by atoms with Crippen LogP contribution in [0.2, 0.25) is 0 Å². The number of hydrogen-bond acceptors (Lipinski definition) is 4. The Hall–Kier alpha value is -6.07. The van der Waals surface area contributed by atoms with Crippen molar-refractivity contribution in [2.24, 2.45) is 0 Å². The predicted molar refractivity (Wildman–Crippen MR) is 190 cm³/mol. The van der Waals surface area contributed by atoms with Gasteiger partial charge in [-0.2, -0.15) is 9.97 Å². The number of aromatic nitrogens is 4. The van der Waals surface area contributed by atoms with E-state index in [1.54, 1.807) is 0 Å². The number of nitrogens with zero attached hydrogens (tertiary/aromatic N) is 4. The molecule has 0 saturated heterocycles. The SMILES string of the molecule is CC1(C)c2ccccc2-c2ccc3c4ccccc4n(-c4nc(-c5ccccc5)nc(-c5cccc6oc7ccccc7c56)n4)c3c21. The quantitative estimate of drug-likeness (QED) is 0.201. The third-order valence-electron chi connectivity index (χ3n) is 9.85. The molecule has 9 aromatic rings. The van der Waals surface area contributed by atoms with E-state index in [1.165, 1.54) is 33.0 Å². The van der Waals surface area contributed by atoms with Gasteiger partial charge in [0.1, 0.15) is 11.2 Å². The van der Waals surface area contributed by atoms with Crippen molar-refractivity contribution >= 4 is 43.7 Å². The average molecular weight is 605 g/mol. The molecule has 0 radical (unpaired) electrons. The molecular weight excluding hydrogens is 576 g/mol. The standard InChI is InChI=1S/C42H28N4O/c1-42(2)32-19-9-6-15-26(32)28-23-24-29-27-16-7-10-20-33(27)46(38(29)37(28)42)41-44-39(25-13-4-3-5-14-25)43-40(45-41)31-18-12-22-35-36(31)30-17-8-11-21-34(30)47-35/h3-24H,1-2H3. The van der Waals surface area contributed by atoms with Gasteiger partial charge in [-0.15, -0.1) is 0 Å². The topological polar surface area (TPSA) is 56.7 Å². The molecule has 3 aromatic heterocycles. The van der Waals surface area contributed by atoms with Gasteiger partial charge in [-0.05, 0) is 40.5 Å². The summed E-state index contributed by atoms with van der Waals surface area (Å²) in [5.74, 6) is 1.81. The first-order valence-electron chi connectivity index (χ1n) is 16.0. The third-order valence-corrected chi connectivity index (χ3v) is 9.85. The molecule has 5 nitrogen and oxygen atoms in total. The minimum Gasteiger partial charge on any atom is -0.456 e. The van der Waals surface area contributed by atoms with E-state index in [0.29, 0.717) is 17.6 Å². The van der Waals surface area contributed by atoms with Gasteiger partial charge in [0.2, 0.25) is 5.95 Å². The fourth-order valence-electron chi connectivity index (χ4n) is 7.78. The van der Waals surface area contributed by atoms with Gasteiger partial charge in [0, 0.05) is 38.1 Å². The summed E-state index contributed by atoms with van der Waals surface area (Å²) in [5, 5.41) is 4.39. The fourth-order valence-corrected chi connectivity index (χ4v) is 7.78. The molecule has 0 amide bonds. The van der Waals surface area contributed by atoms with E-state index >= 15 is 0 Å². The average Bonchev–Trinajstić information content (AvgIpc) is 3.74. The Balaban J connectivity index is 1.34. The second-order valence-electron chi connectivity index (χ2n) is 12.8. The minimum atomic E-state index is -0.225. The van der Waals surface area contributed by atoms with Gasteiger partial charge in [0.15, 0.2) is 11.6 Å². The highest BCUT2D eigenvalue weighted by Gasteiger charge is 2.38. The van der Waals surface area contributed by atoms with Crippen LogP contribution in [-0.2, 0) is 5.41 Å². The van der Waals surface area contributed by atoms with Crippen LogP contribution in [0.5, 0.6) is 0 Å². The molecule has 0 atom stereocenters. The Bertz CT molecular complexity index is 2720. The van der Waals surface area contributed by atoms with Gasteiger partial charge in [-0.25, -0.2) is 4.98 Å². The lowest BCUT2D eigenvalue weighted by Crippen LogP contribution is -2.17. The monoisotopic (exact) mass is 604 g/mol. The van der Waals surface area contributed by atoms with Gasteiger partial charge in [-0.3, -0.25) is 4.57 Å². The summed E-state index contributed by atoms with van der Waals surface area (Å²) in [4.78, 5) is 15.7. The summed E-state index contributed by atoms with van der Waals surface area (Å²) >= 11 is 0. The molecule has 0 spiro atoms. The summed E-state index contributed by atoms with van der Waals surface area (Å²) in [6.45, 7) is 4.66. The van der Waals surface area contributed by atoms with E-state index in [4.69, 9.17) is 19.4 Å². The Kier molecular flexibility index (Phi) is 5.28. The Morgan fingerprint density at radius 2 is 1.23 bits per heavy atom. The van der Waals surface area contributed by atoms with Crippen molar-refractivity contribution in [3.63, 3.8) is 0 Å². The smallest absolute Gasteiger partial charge is 0.238 e. The number of para-hydroxylation sites is 2. The highest BCUT2D eigenvalue weighted by atomic mass is 16.3. The number of hydrogen-bond donors (Lipinski definition) is 0. The molecule has 47 heavy (non-hydrogen) atoms. The van der Waals surface area contributed by atoms with Gasteiger partial charge in [-0.1, -0.05) is 129 Å². The van der Waals surface area contributed by atoms with Crippen molar-refractivity contribution < 1.29 is 4.42 Å². The summed E-state index contributed by atoms with van der Waals surface area (Å²) < 4.78 is 8.54. The zero-order valence-electron chi connectivity index (χ0n) is 25.9. The number of benzene rings is 6. The van der Waals surface area contributed by atoms with Gasteiger partial charge >= 0.3 is 0 Å². The number of furan rings is 1. The minimum absolute atomic E-state index is 0.225. The molecular formula is C42H28N4O. The van der Waals surface area contributed by atoms with Crippen molar-refractivity contribution in [3.8, 4) is 39.9 Å². The maximum absolute atomic E-state index is 6.27. The van der Waals surface area contributed by atoms with E-state index in [0.717, 1.165) is 44.1 Å². The lowest BCUT2D eigenvalue weighted by atomic mass is 9.81. The van der Waals surface area contributed by atoms with Crippen LogP contribution in [-0.4, -0.2) is 19.5 Å². The highest BCUT2D eigenvalue weighted by Crippen LogP contribution is 2.52. The van der Waals surface area contributed by atoms with Crippen LogP contribution in [0.4, 0.5) is 0 Å². The van der Waals surface area contributed by atoms with Crippen molar-refractivity contribution in [2.75, 3.05) is 0 Å². The Labute approximate surface area is 270 Å². The molecule has 1 aliphatic carbocycles. The number of rotatable bonds is 3. The fraction of sp³-hybridized carbons (Fsp3) is 0.0714. The van der Waals surface area contributed by atoms with Crippen LogP contribution in [0.1, 0.15) is 25.0 Å². The molecule has 0 fully saturated rings. The molecule has 1 aliphatic rings. The zero-order valence-corrected chi connectivity index (χ0v) is 25.9. The largest absolute Gasteiger partial charge is 0.456 e. The molecule has 3 heterocycles. The van der Waals surface area contributed by atoms with Crippen LogP contribution in [0.25, 0.3) is 83.6 Å². The normalized spacial score (nSPS) is 13.5.